The Morgan fingerprint density at radius 2 is 1.79 bits per heavy atom. The highest BCUT2D eigenvalue weighted by molar-refractivity contribution is 6.31. The van der Waals surface area contributed by atoms with Gasteiger partial charge >= 0.3 is 0 Å². The smallest absolute Gasteiger partial charge is 0.270 e. The number of rotatable bonds is 6. The molecule has 142 valence electrons. The second-order valence-electron chi connectivity index (χ2n) is 6.28. The van der Waals surface area contributed by atoms with Crippen LogP contribution in [-0.2, 0) is 17.9 Å². The molecule has 0 saturated heterocycles. The normalized spacial score (nSPS) is 10.4. The zero-order valence-corrected chi connectivity index (χ0v) is 16.2. The van der Waals surface area contributed by atoms with Crippen LogP contribution in [0.3, 0.4) is 0 Å². The summed E-state index contributed by atoms with van der Waals surface area (Å²) in [6.07, 6.45) is 1.59. The fraction of sp³-hybridized carbons (Fsp3) is 0.136. The molecule has 3 rings (SSSR count). The topological polar surface area (TPSA) is 71.1 Å². The third kappa shape index (κ3) is 4.96. The molecule has 3 aromatic rings. The first-order valence-electron chi connectivity index (χ1n) is 8.85. The van der Waals surface area contributed by atoms with E-state index in [-0.39, 0.29) is 11.8 Å². The number of carbonyl (C=O) groups is 2. The van der Waals surface area contributed by atoms with Gasteiger partial charge in [0, 0.05) is 36.8 Å². The molecule has 6 heteroatoms. The largest absolute Gasteiger partial charge is 0.352 e. The van der Waals surface area contributed by atoms with Crippen molar-refractivity contribution in [3.8, 4) is 11.1 Å². The fourth-order valence-electron chi connectivity index (χ4n) is 2.80. The maximum absolute atomic E-state index is 12.7. The number of benzene rings is 2. The van der Waals surface area contributed by atoms with E-state index in [2.05, 4.69) is 15.6 Å². The summed E-state index contributed by atoms with van der Waals surface area (Å²) in [5.41, 5.74) is 3.71. The van der Waals surface area contributed by atoms with E-state index in [4.69, 9.17) is 11.6 Å². The number of nitrogens with one attached hydrogen (secondary N) is 2. The first-order valence-corrected chi connectivity index (χ1v) is 9.23. The Labute approximate surface area is 168 Å². The summed E-state index contributed by atoms with van der Waals surface area (Å²) < 4.78 is 0. The molecule has 0 spiro atoms. The van der Waals surface area contributed by atoms with Crippen LogP contribution in [0.25, 0.3) is 11.1 Å². The van der Waals surface area contributed by atoms with Gasteiger partial charge in [0.1, 0.15) is 5.69 Å². The van der Waals surface area contributed by atoms with Crippen LogP contribution in [0.15, 0.2) is 66.9 Å². The summed E-state index contributed by atoms with van der Waals surface area (Å²) in [6, 6.07) is 18.7. The molecule has 0 fully saturated rings. The van der Waals surface area contributed by atoms with E-state index in [9.17, 15) is 9.59 Å². The van der Waals surface area contributed by atoms with Crippen LogP contribution in [-0.4, -0.2) is 16.8 Å². The Morgan fingerprint density at radius 3 is 2.57 bits per heavy atom. The van der Waals surface area contributed by atoms with Crippen LogP contribution in [0.4, 0.5) is 0 Å². The van der Waals surface area contributed by atoms with E-state index in [0.717, 1.165) is 22.3 Å². The Balaban J connectivity index is 1.81. The maximum Gasteiger partial charge on any atom is 0.270 e. The molecular weight excluding hydrogens is 374 g/mol. The van der Waals surface area contributed by atoms with E-state index in [1.807, 2.05) is 48.5 Å². The molecule has 0 saturated carbocycles. The van der Waals surface area contributed by atoms with Crippen molar-refractivity contribution in [2.24, 2.45) is 0 Å². The van der Waals surface area contributed by atoms with Gasteiger partial charge in [0.25, 0.3) is 5.91 Å². The molecule has 0 bridgehead atoms. The third-order valence-electron chi connectivity index (χ3n) is 4.20. The Morgan fingerprint density at radius 1 is 0.964 bits per heavy atom. The molecule has 2 amide bonds. The van der Waals surface area contributed by atoms with E-state index in [1.165, 1.54) is 6.92 Å². The third-order valence-corrected chi connectivity index (χ3v) is 4.57. The predicted octanol–water partition coefficient (Wildman–Crippen LogP) is 3.97. The molecule has 0 atom stereocenters. The van der Waals surface area contributed by atoms with Crippen molar-refractivity contribution in [1.29, 1.82) is 0 Å². The Bertz CT molecular complexity index is 1000. The minimum Gasteiger partial charge on any atom is -0.352 e. The van der Waals surface area contributed by atoms with E-state index < -0.39 is 0 Å². The lowest BCUT2D eigenvalue weighted by Gasteiger charge is -2.11. The number of halogens is 1. The first kappa shape index (κ1) is 19.6. The van der Waals surface area contributed by atoms with Crippen LogP contribution in [0.5, 0.6) is 0 Å². The molecule has 0 radical (unpaired) electrons. The fourth-order valence-corrected chi connectivity index (χ4v) is 3.00. The number of hydrogen-bond donors (Lipinski definition) is 2. The summed E-state index contributed by atoms with van der Waals surface area (Å²) in [5.74, 6) is -0.366. The van der Waals surface area contributed by atoms with Crippen molar-refractivity contribution < 1.29 is 9.59 Å². The van der Waals surface area contributed by atoms with Gasteiger partial charge < -0.3 is 10.6 Å². The molecule has 0 unspecified atom stereocenters. The number of amides is 2. The molecule has 0 aliphatic rings. The number of hydrogen-bond acceptors (Lipinski definition) is 3. The van der Waals surface area contributed by atoms with Gasteiger partial charge in [-0.05, 0) is 34.9 Å². The monoisotopic (exact) mass is 393 g/mol. The molecule has 1 heterocycles. The highest BCUT2D eigenvalue weighted by Gasteiger charge is 2.14. The summed E-state index contributed by atoms with van der Waals surface area (Å²) in [6.45, 7) is 2.22. The van der Waals surface area contributed by atoms with Crippen molar-refractivity contribution in [2.45, 2.75) is 20.0 Å². The summed E-state index contributed by atoms with van der Waals surface area (Å²) >= 11 is 6.15. The number of aromatic nitrogens is 1. The standard InChI is InChI=1S/C22H20ClN3O2/c1-15(27)25-13-16-6-4-8-17(12-16)19-9-5-11-24-21(19)22(28)26-14-18-7-2-3-10-20(18)23/h2-12H,13-14H2,1H3,(H,25,27)(H,26,28). The molecular formula is C22H20ClN3O2. The second-order valence-corrected chi connectivity index (χ2v) is 6.69. The zero-order chi connectivity index (χ0) is 19.9. The van der Waals surface area contributed by atoms with Gasteiger partial charge in [0.05, 0.1) is 0 Å². The lowest BCUT2D eigenvalue weighted by molar-refractivity contribution is -0.119. The Hall–Kier alpha value is -3.18. The number of nitrogens with zero attached hydrogens (tertiary/aromatic N) is 1. The molecule has 0 aliphatic heterocycles. The predicted molar refractivity (Wildman–Crippen MR) is 110 cm³/mol. The maximum atomic E-state index is 12.7. The van der Waals surface area contributed by atoms with Crippen LogP contribution in [0.1, 0.15) is 28.5 Å². The second kappa shape index (κ2) is 9.15. The van der Waals surface area contributed by atoms with Gasteiger partial charge in [-0.1, -0.05) is 54.1 Å². The molecule has 2 aromatic carbocycles. The van der Waals surface area contributed by atoms with Crippen LogP contribution >= 0.6 is 11.6 Å². The van der Waals surface area contributed by atoms with Gasteiger partial charge in [-0.25, -0.2) is 0 Å². The number of pyridine rings is 1. The molecule has 2 N–H and O–H groups in total. The summed E-state index contributed by atoms with van der Waals surface area (Å²) in [4.78, 5) is 28.2. The highest BCUT2D eigenvalue weighted by atomic mass is 35.5. The van der Waals surface area contributed by atoms with Crippen molar-refractivity contribution >= 4 is 23.4 Å². The van der Waals surface area contributed by atoms with Gasteiger partial charge in [0.2, 0.25) is 5.91 Å². The average Bonchev–Trinajstić information content (AvgIpc) is 2.71. The van der Waals surface area contributed by atoms with E-state index in [0.29, 0.717) is 23.8 Å². The van der Waals surface area contributed by atoms with Crippen molar-refractivity contribution in [2.75, 3.05) is 0 Å². The molecule has 1 aromatic heterocycles. The minimum absolute atomic E-state index is 0.0913. The number of carbonyl (C=O) groups excluding carboxylic acids is 2. The van der Waals surface area contributed by atoms with Crippen LogP contribution in [0, 0.1) is 0 Å². The molecule has 5 nitrogen and oxygen atoms in total. The zero-order valence-electron chi connectivity index (χ0n) is 15.4. The lowest BCUT2D eigenvalue weighted by Crippen LogP contribution is -2.24. The minimum atomic E-state index is -0.275. The van der Waals surface area contributed by atoms with E-state index >= 15 is 0 Å². The summed E-state index contributed by atoms with van der Waals surface area (Å²) in [7, 11) is 0. The van der Waals surface area contributed by atoms with Gasteiger partial charge in [-0.2, -0.15) is 0 Å². The molecule has 28 heavy (non-hydrogen) atoms. The van der Waals surface area contributed by atoms with Gasteiger partial charge in [-0.3, -0.25) is 14.6 Å². The van der Waals surface area contributed by atoms with Crippen molar-refractivity contribution in [1.82, 2.24) is 15.6 Å². The molecule has 0 aliphatic carbocycles. The average molecular weight is 394 g/mol. The SMILES string of the molecule is CC(=O)NCc1cccc(-c2cccnc2C(=O)NCc2ccccc2Cl)c1. The van der Waals surface area contributed by atoms with E-state index in [1.54, 1.807) is 18.3 Å². The van der Waals surface area contributed by atoms with Gasteiger partial charge in [0.15, 0.2) is 0 Å². The van der Waals surface area contributed by atoms with Gasteiger partial charge in [-0.15, -0.1) is 0 Å². The Kier molecular flexibility index (Phi) is 6.40. The van der Waals surface area contributed by atoms with Crippen LogP contribution in [0.2, 0.25) is 5.02 Å². The quantitative estimate of drug-likeness (QED) is 0.665. The van der Waals surface area contributed by atoms with Crippen LogP contribution < -0.4 is 10.6 Å². The first-order chi connectivity index (χ1) is 13.5. The summed E-state index contributed by atoms with van der Waals surface area (Å²) in [5, 5.41) is 6.26. The van der Waals surface area contributed by atoms with Crippen molar-refractivity contribution in [3.05, 3.63) is 88.7 Å². The van der Waals surface area contributed by atoms with Crippen molar-refractivity contribution in [3.63, 3.8) is 0 Å². The highest BCUT2D eigenvalue weighted by Crippen LogP contribution is 2.23. The lowest BCUT2D eigenvalue weighted by atomic mass is 10.0.